The zero-order valence-corrected chi connectivity index (χ0v) is 28.5. The molecule has 3 aromatic rings. The smallest absolute Gasteiger partial charge is 0.335 e. The Bertz CT molecular complexity index is 1790. The standard InChI is InChI=1S/C36H38Cl2FN3O6/c1-35(2,3)16-28-36(17-42(21-12-19(13-21)34(46)47)26-15-20(37)9-10-23(26)36)29(22-6-5-7-24(38)30(22)39)31(41-28)32(43)40-25-11-8-18(33(44)45)14-27(25)48-4/h5-11,14-15,19,21,28-29,31,41H,12-13,16-17H2,1-4H3,(H,40,43)(H,44,45)(H,46,47)/t19-,21-,28-,29-,31+,36-/m0/s1. The van der Waals surface area contributed by atoms with E-state index in [1.165, 1.54) is 31.4 Å². The number of nitrogens with one attached hydrogen (secondary N) is 2. The molecule has 2 heterocycles. The van der Waals surface area contributed by atoms with Crippen LogP contribution in [0.4, 0.5) is 15.8 Å². The van der Waals surface area contributed by atoms with Crippen LogP contribution in [0.5, 0.6) is 5.75 Å². The Labute approximate surface area is 288 Å². The minimum Gasteiger partial charge on any atom is -0.495 e. The van der Waals surface area contributed by atoms with Crippen LogP contribution in [-0.4, -0.2) is 59.8 Å². The van der Waals surface area contributed by atoms with Crippen molar-refractivity contribution in [2.75, 3.05) is 23.9 Å². The molecule has 3 aliphatic rings. The maximum absolute atomic E-state index is 16.3. The summed E-state index contributed by atoms with van der Waals surface area (Å²) in [5.74, 6) is -4.11. The number of aromatic carboxylic acids is 1. The molecule has 6 rings (SSSR count). The molecule has 1 spiro atoms. The molecule has 1 amide bonds. The van der Waals surface area contributed by atoms with Crippen molar-refractivity contribution >= 4 is 52.4 Å². The number of carboxylic acid groups (broad SMARTS) is 2. The molecule has 9 nitrogen and oxygen atoms in total. The van der Waals surface area contributed by atoms with Gasteiger partial charge in [0.05, 0.1) is 35.3 Å². The highest BCUT2D eigenvalue weighted by Crippen LogP contribution is 2.59. The van der Waals surface area contributed by atoms with Gasteiger partial charge in [-0.05, 0) is 72.2 Å². The Morgan fingerprint density at radius 1 is 1.08 bits per heavy atom. The van der Waals surface area contributed by atoms with E-state index in [2.05, 4.69) is 36.3 Å². The maximum atomic E-state index is 16.3. The highest BCUT2D eigenvalue weighted by Gasteiger charge is 2.64. The van der Waals surface area contributed by atoms with E-state index in [1.54, 1.807) is 18.2 Å². The number of hydrogen-bond acceptors (Lipinski definition) is 6. The Morgan fingerprint density at radius 2 is 1.81 bits per heavy atom. The van der Waals surface area contributed by atoms with Crippen LogP contribution in [0, 0.1) is 17.2 Å². The third-order valence-corrected chi connectivity index (χ3v) is 10.6. The molecule has 0 unspecified atom stereocenters. The summed E-state index contributed by atoms with van der Waals surface area (Å²) in [5, 5.41) is 26.1. The maximum Gasteiger partial charge on any atom is 0.335 e. The number of carbonyl (C=O) groups excluding carboxylic acids is 1. The molecule has 1 saturated heterocycles. The molecule has 2 aliphatic heterocycles. The van der Waals surface area contributed by atoms with Crippen LogP contribution >= 0.6 is 23.2 Å². The number of hydrogen-bond donors (Lipinski definition) is 4. The molecule has 2 fully saturated rings. The van der Waals surface area contributed by atoms with E-state index in [4.69, 9.17) is 27.9 Å². The number of nitrogens with zero attached hydrogens (tertiary/aromatic N) is 1. The second-order valence-corrected chi connectivity index (χ2v) is 15.1. The molecule has 1 saturated carbocycles. The fraction of sp³-hybridized carbons (Fsp3) is 0.417. The van der Waals surface area contributed by atoms with Gasteiger partial charge in [0.25, 0.3) is 0 Å². The van der Waals surface area contributed by atoms with Crippen LogP contribution in [0.3, 0.4) is 0 Å². The van der Waals surface area contributed by atoms with Crippen LogP contribution < -0.4 is 20.3 Å². The number of ether oxygens (including phenoxy) is 1. The Kier molecular flexibility index (Phi) is 8.89. The second kappa shape index (κ2) is 12.5. The first-order valence-electron chi connectivity index (χ1n) is 15.9. The fourth-order valence-corrected chi connectivity index (χ4v) is 8.28. The number of benzene rings is 3. The minimum atomic E-state index is -1.14. The van der Waals surface area contributed by atoms with Gasteiger partial charge in [-0.1, -0.05) is 62.2 Å². The normalized spacial score (nSPS) is 26.2. The van der Waals surface area contributed by atoms with Crippen molar-refractivity contribution in [2.24, 2.45) is 11.3 Å². The molecule has 4 N–H and O–H groups in total. The zero-order valence-electron chi connectivity index (χ0n) is 27.0. The summed E-state index contributed by atoms with van der Waals surface area (Å²) in [6.07, 6.45) is 1.53. The van der Waals surface area contributed by atoms with E-state index in [-0.39, 0.29) is 45.1 Å². The van der Waals surface area contributed by atoms with Gasteiger partial charge in [-0.15, -0.1) is 0 Å². The zero-order chi connectivity index (χ0) is 34.7. The van der Waals surface area contributed by atoms with E-state index in [9.17, 15) is 24.6 Å². The minimum absolute atomic E-state index is 0.00523. The molecular weight excluding hydrogens is 660 g/mol. The summed E-state index contributed by atoms with van der Waals surface area (Å²) in [6.45, 7) is 6.72. The quantitative estimate of drug-likeness (QED) is 0.199. The van der Waals surface area contributed by atoms with E-state index >= 15 is 4.39 Å². The van der Waals surface area contributed by atoms with Gasteiger partial charge in [0.1, 0.15) is 11.6 Å². The molecular formula is C36H38Cl2FN3O6. The van der Waals surface area contributed by atoms with Gasteiger partial charge in [-0.25, -0.2) is 9.18 Å². The average Bonchev–Trinajstić information content (AvgIpc) is 3.47. The number of carboxylic acids is 2. The van der Waals surface area contributed by atoms with Crippen molar-refractivity contribution in [1.82, 2.24) is 5.32 Å². The van der Waals surface area contributed by atoms with Crippen LogP contribution in [0.2, 0.25) is 10.0 Å². The highest BCUT2D eigenvalue weighted by atomic mass is 35.5. The van der Waals surface area contributed by atoms with Gasteiger partial charge in [0.2, 0.25) is 5.91 Å². The van der Waals surface area contributed by atoms with Crippen molar-refractivity contribution in [2.45, 2.75) is 69.5 Å². The highest BCUT2D eigenvalue weighted by molar-refractivity contribution is 6.31. The first-order valence-corrected chi connectivity index (χ1v) is 16.6. The number of rotatable bonds is 8. The Morgan fingerprint density at radius 3 is 2.46 bits per heavy atom. The van der Waals surface area contributed by atoms with E-state index in [1.807, 2.05) is 12.1 Å². The summed E-state index contributed by atoms with van der Waals surface area (Å²) in [6, 6.07) is 13.2. The van der Waals surface area contributed by atoms with Crippen molar-refractivity contribution in [3.05, 3.63) is 87.2 Å². The Hall–Kier alpha value is -3.86. The predicted octanol–water partition coefficient (Wildman–Crippen LogP) is 6.96. The fourth-order valence-electron chi connectivity index (χ4n) is 7.93. The predicted molar refractivity (Wildman–Crippen MR) is 182 cm³/mol. The Balaban J connectivity index is 1.52. The van der Waals surface area contributed by atoms with Gasteiger partial charge in [-0.2, -0.15) is 0 Å². The topological polar surface area (TPSA) is 128 Å². The first-order chi connectivity index (χ1) is 22.6. The molecule has 0 bridgehead atoms. The molecule has 4 atom stereocenters. The van der Waals surface area contributed by atoms with Crippen molar-refractivity contribution in [3.8, 4) is 5.75 Å². The first kappa shape index (κ1) is 34.0. The van der Waals surface area contributed by atoms with Gasteiger partial charge in [-0.3, -0.25) is 9.59 Å². The lowest BCUT2D eigenvalue weighted by Gasteiger charge is -2.44. The van der Waals surface area contributed by atoms with E-state index in [0.29, 0.717) is 30.8 Å². The van der Waals surface area contributed by atoms with Crippen LogP contribution in [0.25, 0.3) is 0 Å². The van der Waals surface area contributed by atoms with E-state index < -0.39 is 47.0 Å². The summed E-state index contributed by atoms with van der Waals surface area (Å²) in [5.41, 5.74) is 1.20. The second-order valence-electron chi connectivity index (χ2n) is 14.3. The third-order valence-electron chi connectivity index (χ3n) is 10.1. The van der Waals surface area contributed by atoms with Gasteiger partial charge < -0.3 is 30.5 Å². The monoisotopic (exact) mass is 697 g/mol. The molecule has 254 valence electrons. The number of anilines is 2. The third kappa shape index (κ3) is 5.88. The average molecular weight is 699 g/mol. The molecule has 1 aliphatic carbocycles. The number of aliphatic carboxylic acids is 1. The lowest BCUT2D eigenvalue weighted by molar-refractivity contribution is -0.145. The lowest BCUT2D eigenvalue weighted by Crippen LogP contribution is -2.52. The molecule has 0 aromatic heterocycles. The van der Waals surface area contributed by atoms with Crippen molar-refractivity contribution in [1.29, 1.82) is 0 Å². The molecule has 48 heavy (non-hydrogen) atoms. The molecule has 12 heteroatoms. The van der Waals surface area contributed by atoms with Gasteiger partial charge in [0, 0.05) is 40.7 Å². The van der Waals surface area contributed by atoms with Crippen molar-refractivity contribution < 1.29 is 33.7 Å². The van der Waals surface area contributed by atoms with Gasteiger partial charge >= 0.3 is 11.9 Å². The lowest BCUT2D eigenvalue weighted by atomic mass is 9.63. The number of fused-ring (bicyclic) bond motifs is 2. The largest absolute Gasteiger partial charge is 0.495 e. The SMILES string of the molecule is COc1cc(C(=O)O)ccc1NC(=O)[C@@H]1N[C@@H](CC(C)(C)C)[C@@]2(CN([C@H]3C[C@H](C(=O)O)C3)c3cc(Cl)ccc32)[C@H]1c1cccc(Cl)c1F. The van der Waals surface area contributed by atoms with Crippen LogP contribution in [-0.2, 0) is 15.0 Å². The summed E-state index contributed by atoms with van der Waals surface area (Å²) in [7, 11) is 1.38. The number of carbonyl (C=O) groups is 3. The van der Waals surface area contributed by atoms with Crippen LogP contribution in [0.1, 0.15) is 67.4 Å². The summed E-state index contributed by atoms with van der Waals surface area (Å²) < 4.78 is 21.7. The van der Waals surface area contributed by atoms with Crippen molar-refractivity contribution in [3.63, 3.8) is 0 Å². The summed E-state index contributed by atoms with van der Waals surface area (Å²) in [4.78, 5) is 40.1. The molecule has 0 radical (unpaired) electrons. The number of halogens is 3. The van der Waals surface area contributed by atoms with E-state index in [0.717, 1.165) is 11.3 Å². The van der Waals surface area contributed by atoms with Gasteiger partial charge in [0.15, 0.2) is 0 Å². The summed E-state index contributed by atoms with van der Waals surface area (Å²) >= 11 is 13.0. The number of methoxy groups -OCH3 is 1. The number of amides is 1. The molecule has 3 aromatic carbocycles. The van der Waals surface area contributed by atoms with Crippen LogP contribution in [0.15, 0.2) is 54.6 Å².